The van der Waals surface area contributed by atoms with Gasteiger partial charge in [-0.3, -0.25) is 0 Å². The van der Waals surface area contributed by atoms with Crippen LogP contribution < -0.4 is 9.47 Å². The Labute approximate surface area is 224 Å². The fraction of sp³-hybridized carbons (Fsp3) is 0.303. The Hall–Kier alpha value is -3.91. The molecule has 0 unspecified atom stereocenters. The number of benzene rings is 3. The van der Waals surface area contributed by atoms with E-state index in [1.54, 1.807) is 24.3 Å². The lowest BCUT2D eigenvalue weighted by molar-refractivity contribution is -0.128. The Kier molecular flexibility index (Phi) is 12.1. The highest BCUT2D eigenvalue weighted by molar-refractivity contribution is 5.88. The number of rotatable bonds is 13. The number of unbranched alkanes of at least 4 members (excludes halogenated alkanes) is 7. The second-order valence-corrected chi connectivity index (χ2v) is 9.08. The molecule has 0 bridgehead atoms. The number of halogens is 2. The third-order valence-corrected chi connectivity index (χ3v) is 5.84. The van der Waals surface area contributed by atoms with E-state index in [1.807, 2.05) is 24.3 Å². The lowest BCUT2D eigenvalue weighted by atomic mass is 10.1. The number of hydrogen-bond donors (Lipinski definition) is 0. The zero-order chi connectivity index (χ0) is 27.0. The summed E-state index contributed by atoms with van der Waals surface area (Å²) < 4.78 is 37.5. The quantitative estimate of drug-likeness (QED) is 0.0751. The van der Waals surface area contributed by atoms with E-state index >= 15 is 0 Å². The molecule has 0 amide bonds. The molecule has 0 aromatic heterocycles. The van der Waals surface area contributed by atoms with Gasteiger partial charge in [0.15, 0.2) is 0 Å². The number of carbonyl (C=O) groups excluding carboxylic acids is 1. The molecule has 38 heavy (non-hydrogen) atoms. The first kappa shape index (κ1) is 28.7. The minimum Gasteiger partial charge on any atom is -0.494 e. The van der Waals surface area contributed by atoms with Crippen LogP contribution in [-0.4, -0.2) is 12.6 Å². The Morgan fingerprint density at radius 3 is 1.84 bits per heavy atom. The molecule has 3 aromatic carbocycles. The maximum atomic E-state index is 13.2. The van der Waals surface area contributed by atoms with E-state index in [0.29, 0.717) is 5.75 Å². The van der Waals surface area contributed by atoms with Gasteiger partial charge in [-0.15, -0.1) is 0 Å². The first-order valence-electron chi connectivity index (χ1n) is 13.2. The maximum Gasteiger partial charge on any atom is 0.336 e. The van der Waals surface area contributed by atoms with E-state index < -0.39 is 17.6 Å². The van der Waals surface area contributed by atoms with Crippen molar-refractivity contribution in [3.05, 3.63) is 101 Å². The second kappa shape index (κ2) is 16.0. The largest absolute Gasteiger partial charge is 0.494 e. The molecule has 0 N–H and O–H groups in total. The van der Waals surface area contributed by atoms with Crippen molar-refractivity contribution < 1.29 is 23.0 Å². The van der Waals surface area contributed by atoms with Gasteiger partial charge < -0.3 is 9.47 Å². The molecule has 0 spiro atoms. The summed E-state index contributed by atoms with van der Waals surface area (Å²) in [6, 6.07) is 17.5. The molecule has 0 radical (unpaired) electrons. The second-order valence-electron chi connectivity index (χ2n) is 9.08. The van der Waals surface area contributed by atoms with Crippen LogP contribution in [0.2, 0.25) is 0 Å². The number of ether oxygens (including phenoxy) is 2. The van der Waals surface area contributed by atoms with Crippen molar-refractivity contribution in [2.75, 3.05) is 6.61 Å². The first-order valence-corrected chi connectivity index (χ1v) is 13.2. The Morgan fingerprint density at radius 1 is 0.737 bits per heavy atom. The molecule has 5 heteroatoms. The standard InChI is InChI=1S/C33H34F2O3/c1-2-3-4-5-6-7-8-9-22-37-31-17-12-26(13-18-31)10-11-27-14-19-32(20-15-27)38-33(36)21-16-28-23-29(34)25-30(35)24-28/h12-21,23-25H,2-9,22H2,1H3/b21-16+. The topological polar surface area (TPSA) is 35.5 Å². The lowest BCUT2D eigenvalue weighted by Crippen LogP contribution is -2.03. The van der Waals surface area contributed by atoms with Gasteiger partial charge in [-0.05, 0) is 78.7 Å². The predicted octanol–water partition coefficient (Wildman–Crippen LogP) is 8.50. The van der Waals surface area contributed by atoms with E-state index in [4.69, 9.17) is 9.47 Å². The summed E-state index contributed by atoms with van der Waals surface area (Å²) >= 11 is 0. The Morgan fingerprint density at radius 2 is 1.26 bits per heavy atom. The third-order valence-electron chi connectivity index (χ3n) is 5.84. The van der Waals surface area contributed by atoms with Crippen LogP contribution in [0.3, 0.4) is 0 Å². The molecule has 0 heterocycles. The molecule has 0 aliphatic heterocycles. The van der Waals surface area contributed by atoms with Crippen LogP contribution in [0.1, 0.15) is 75.0 Å². The average Bonchev–Trinajstić information content (AvgIpc) is 2.91. The summed E-state index contributed by atoms with van der Waals surface area (Å²) in [6.45, 7) is 2.97. The normalized spacial score (nSPS) is 10.7. The minimum absolute atomic E-state index is 0.230. The van der Waals surface area contributed by atoms with Gasteiger partial charge in [0.05, 0.1) is 6.61 Å². The van der Waals surface area contributed by atoms with E-state index in [9.17, 15) is 13.6 Å². The number of hydrogen-bond acceptors (Lipinski definition) is 3. The Bertz CT molecular complexity index is 1220. The van der Waals surface area contributed by atoms with Crippen molar-refractivity contribution in [1.29, 1.82) is 0 Å². The van der Waals surface area contributed by atoms with Crippen molar-refractivity contribution in [3.63, 3.8) is 0 Å². The van der Waals surface area contributed by atoms with Gasteiger partial charge in [-0.25, -0.2) is 13.6 Å². The molecule has 0 fully saturated rings. The monoisotopic (exact) mass is 516 g/mol. The summed E-state index contributed by atoms with van der Waals surface area (Å²) in [5.41, 5.74) is 1.87. The number of carbonyl (C=O) groups is 1. The van der Waals surface area contributed by atoms with Crippen LogP contribution in [0.25, 0.3) is 6.08 Å². The van der Waals surface area contributed by atoms with E-state index in [1.165, 1.54) is 51.0 Å². The molecule has 0 aliphatic rings. The van der Waals surface area contributed by atoms with Crippen LogP contribution in [0.5, 0.6) is 11.5 Å². The summed E-state index contributed by atoms with van der Waals surface area (Å²) in [5.74, 6) is 5.31. The molecule has 3 nitrogen and oxygen atoms in total. The van der Waals surface area contributed by atoms with E-state index in [-0.39, 0.29) is 5.56 Å². The SMILES string of the molecule is CCCCCCCCCCOc1ccc(C#Cc2ccc(OC(=O)/C=C/c3cc(F)cc(F)c3)cc2)cc1. The average molecular weight is 517 g/mol. The van der Waals surface area contributed by atoms with Crippen LogP contribution in [0.15, 0.2) is 72.8 Å². The smallest absolute Gasteiger partial charge is 0.336 e. The molecular weight excluding hydrogens is 482 g/mol. The van der Waals surface area contributed by atoms with Crippen LogP contribution in [0, 0.1) is 23.5 Å². The van der Waals surface area contributed by atoms with Crippen molar-refractivity contribution >= 4 is 12.0 Å². The maximum absolute atomic E-state index is 13.2. The van der Waals surface area contributed by atoms with Gasteiger partial charge in [-0.1, -0.05) is 63.7 Å². The summed E-state index contributed by atoms with van der Waals surface area (Å²) in [6.07, 6.45) is 12.6. The fourth-order valence-electron chi connectivity index (χ4n) is 3.80. The van der Waals surface area contributed by atoms with Crippen molar-refractivity contribution in [2.24, 2.45) is 0 Å². The first-order chi connectivity index (χ1) is 18.5. The van der Waals surface area contributed by atoms with Crippen molar-refractivity contribution in [3.8, 4) is 23.3 Å². The molecule has 0 saturated heterocycles. The number of esters is 1. The molecular formula is C33H34F2O3. The van der Waals surface area contributed by atoms with Gasteiger partial charge in [0.1, 0.15) is 23.1 Å². The fourth-order valence-corrected chi connectivity index (χ4v) is 3.80. The van der Waals surface area contributed by atoms with Gasteiger partial charge in [-0.2, -0.15) is 0 Å². The molecule has 0 saturated carbocycles. The van der Waals surface area contributed by atoms with Gasteiger partial charge in [0, 0.05) is 23.3 Å². The summed E-state index contributed by atoms with van der Waals surface area (Å²) in [5, 5.41) is 0. The highest BCUT2D eigenvalue weighted by Crippen LogP contribution is 2.15. The zero-order valence-electron chi connectivity index (χ0n) is 21.9. The summed E-state index contributed by atoms with van der Waals surface area (Å²) in [4.78, 5) is 12.0. The van der Waals surface area contributed by atoms with E-state index in [2.05, 4.69) is 18.8 Å². The van der Waals surface area contributed by atoms with Gasteiger partial charge in [0.2, 0.25) is 0 Å². The van der Waals surface area contributed by atoms with Crippen LogP contribution in [0.4, 0.5) is 8.78 Å². The highest BCUT2D eigenvalue weighted by atomic mass is 19.1. The molecule has 0 aliphatic carbocycles. The lowest BCUT2D eigenvalue weighted by Gasteiger charge is -2.06. The Balaban J connectivity index is 1.40. The zero-order valence-corrected chi connectivity index (χ0v) is 21.9. The van der Waals surface area contributed by atoms with Crippen molar-refractivity contribution in [2.45, 2.75) is 58.3 Å². The predicted molar refractivity (Wildman–Crippen MR) is 148 cm³/mol. The van der Waals surface area contributed by atoms with Gasteiger partial charge in [0.25, 0.3) is 0 Å². The van der Waals surface area contributed by atoms with Crippen LogP contribution in [-0.2, 0) is 4.79 Å². The molecule has 3 rings (SSSR count). The van der Waals surface area contributed by atoms with E-state index in [0.717, 1.165) is 54.2 Å². The molecule has 3 aromatic rings. The van der Waals surface area contributed by atoms with Crippen molar-refractivity contribution in [1.82, 2.24) is 0 Å². The highest BCUT2D eigenvalue weighted by Gasteiger charge is 2.02. The summed E-state index contributed by atoms with van der Waals surface area (Å²) in [7, 11) is 0. The molecule has 198 valence electrons. The van der Waals surface area contributed by atoms with Gasteiger partial charge >= 0.3 is 5.97 Å². The van der Waals surface area contributed by atoms with Crippen LogP contribution >= 0.6 is 0 Å². The minimum atomic E-state index is -0.715. The third kappa shape index (κ3) is 11.0. The molecule has 0 atom stereocenters.